The summed E-state index contributed by atoms with van der Waals surface area (Å²) in [5, 5.41) is 2.84. The third kappa shape index (κ3) is 5.70. The molecule has 18 heavy (non-hydrogen) atoms. The van der Waals surface area contributed by atoms with Crippen LogP contribution in [0.4, 0.5) is 18.9 Å². The molecule has 0 radical (unpaired) electrons. The summed E-state index contributed by atoms with van der Waals surface area (Å²) in [6.45, 7) is -2.12. The van der Waals surface area contributed by atoms with Gasteiger partial charge in [0.15, 0.2) is 0 Å². The second kappa shape index (κ2) is 6.40. The van der Waals surface area contributed by atoms with Crippen molar-refractivity contribution in [2.75, 3.05) is 18.5 Å². The van der Waals surface area contributed by atoms with Crippen LogP contribution < -0.4 is 5.32 Å². The zero-order valence-corrected chi connectivity index (χ0v) is 11.2. The van der Waals surface area contributed by atoms with Crippen molar-refractivity contribution < 1.29 is 22.7 Å². The van der Waals surface area contributed by atoms with Gasteiger partial charge in [-0.05, 0) is 34.1 Å². The number of amides is 1. The van der Waals surface area contributed by atoms with E-state index in [-0.39, 0.29) is 0 Å². The van der Waals surface area contributed by atoms with Crippen LogP contribution in [0.1, 0.15) is 0 Å². The summed E-state index contributed by atoms with van der Waals surface area (Å²) >= 11 is 8.89. The Bertz CT molecular complexity index is 440. The summed E-state index contributed by atoms with van der Waals surface area (Å²) in [6.07, 6.45) is -4.44. The Hall–Kier alpha value is -0.790. The molecular weight excluding hydrogens is 338 g/mol. The van der Waals surface area contributed by atoms with Crippen LogP contribution >= 0.6 is 27.5 Å². The van der Waals surface area contributed by atoms with E-state index in [0.29, 0.717) is 15.2 Å². The highest BCUT2D eigenvalue weighted by molar-refractivity contribution is 9.10. The lowest BCUT2D eigenvalue weighted by Crippen LogP contribution is -2.23. The summed E-state index contributed by atoms with van der Waals surface area (Å²) < 4.78 is 40.0. The Morgan fingerprint density at radius 1 is 1.44 bits per heavy atom. The van der Waals surface area contributed by atoms with E-state index < -0.39 is 25.3 Å². The predicted octanol–water partition coefficient (Wildman–Crippen LogP) is 3.62. The number of anilines is 1. The monoisotopic (exact) mass is 345 g/mol. The number of ether oxygens (including phenoxy) is 1. The van der Waals surface area contributed by atoms with Gasteiger partial charge in [-0.3, -0.25) is 4.79 Å². The highest BCUT2D eigenvalue weighted by Gasteiger charge is 2.27. The average molecular weight is 347 g/mol. The van der Waals surface area contributed by atoms with E-state index in [2.05, 4.69) is 26.0 Å². The van der Waals surface area contributed by atoms with E-state index >= 15 is 0 Å². The van der Waals surface area contributed by atoms with Gasteiger partial charge in [0.1, 0.15) is 13.2 Å². The van der Waals surface area contributed by atoms with E-state index in [4.69, 9.17) is 11.6 Å². The van der Waals surface area contributed by atoms with E-state index in [9.17, 15) is 18.0 Å². The van der Waals surface area contributed by atoms with Crippen LogP contribution in [-0.4, -0.2) is 25.3 Å². The predicted molar refractivity (Wildman–Crippen MR) is 64.7 cm³/mol. The number of alkyl halides is 3. The normalized spacial score (nSPS) is 11.4. The summed E-state index contributed by atoms with van der Waals surface area (Å²) in [7, 11) is 0. The van der Waals surface area contributed by atoms with Gasteiger partial charge in [-0.2, -0.15) is 13.2 Å². The molecule has 0 bridgehead atoms. The fourth-order valence-electron chi connectivity index (χ4n) is 1.03. The number of carbonyl (C=O) groups is 1. The van der Waals surface area contributed by atoms with Crippen molar-refractivity contribution in [3.05, 3.63) is 27.7 Å². The zero-order valence-electron chi connectivity index (χ0n) is 8.85. The van der Waals surface area contributed by atoms with Crippen molar-refractivity contribution in [3.8, 4) is 0 Å². The van der Waals surface area contributed by atoms with Crippen molar-refractivity contribution in [2.45, 2.75) is 6.18 Å². The quantitative estimate of drug-likeness (QED) is 0.904. The summed E-state index contributed by atoms with van der Waals surface area (Å²) in [5.74, 6) is -0.673. The largest absolute Gasteiger partial charge is 0.411 e. The Morgan fingerprint density at radius 2 is 2.11 bits per heavy atom. The smallest absolute Gasteiger partial charge is 0.362 e. The van der Waals surface area contributed by atoms with Crippen LogP contribution in [0.2, 0.25) is 5.02 Å². The number of carbonyl (C=O) groups excluding carboxylic acids is 1. The molecule has 0 aliphatic heterocycles. The fourth-order valence-corrected chi connectivity index (χ4v) is 1.53. The molecular formula is C10H8BrClF3NO2. The minimum atomic E-state index is -4.44. The number of benzene rings is 1. The van der Waals surface area contributed by atoms with Gasteiger partial charge in [0, 0.05) is 10.2 Å². The average Bonchev–Trinajstić information content (AvgIpc) is 2.21. The van der Waals surface area contributed by atoms with Crippen LogP contribution in [0.3, 0.4) is 0 Å². The van der Waals surface area contributed by atoms with Gasteiger partial charge in [0.25, 0.3) is 0 Å². The molecule has 0 aliphatic rings. The summed E-state index contributed by atoms with van der Waals surface area (Å²) in [5.41, 5.74) is 0.409. The van der Waals surface area contributed by atoms with Gasteiger partial charge in [-0.1, -0.05) is 11.6 Å². The third-order valence-corrected chi connectivity index (χ3v) is 2.92. The van der Waals surface area contributed by atoms with E-state index in [1.165, 1.54) is 18.2 Å². The molecule has 1 rings (SSSR count). The fraction of sp³-hybridized carbons (Fsp3) is 0.300. The molecule has 3 nitrogen and oxygen atoms in total. The van der Waals surface area contributed by atoms with E-state index in [0.717, 1.165) is 0 Å². The zero-order chi connectivity index (χ0) is 13.8. The second-order valence-corrected chi connectivity index (χ2v) is 4.55. The third-order valence-electron chi connectivity index (χ3n) is 1.70. The SMILES string of the molecule is O=C(COCC(F)(F)F)Nc1ccc(Cl)c(Br)c1. The molecule has 0 spiro atoms. The summed E-state index contributed by atoms with van der Waals surface area (Å²) in [6, 6.07) is 4.59. The van der Waals surface area contributed by atoms with Crippen molar-refractivity contribution in [2.24, 2.45) is 0 Å². The van der Waals surface area contributed by atoms with Crippen LogP contribution in [0.15, 0.2) is 22.7 Å². The number of nitrogens with one attached hydrogen (secondary N) is 1. The van der Waals surface area contributed by atoms with Crippen molar-refractivity contribution in [1.29, 1.82) is 0 Å². The lowest BCUT2D eigenvalue weighted by atomic mass is 10.3. The number of hydrogen-bond acceptors (Lipinski definition) is 2. The van der Waals surface area contributed by atoms with Crippen molar-refractivity contribution >= 4 is 39.1 Å². The Morgan fingerprint density at radius 3 is 2.67 bits per heavy atom. The van der Waals surface area contributed by atoms with Gasteiger partial charge in [0.2, 0.25) is 5.91 Å². The maximum Gasteiger partial charge on any atom is 0.411 e. The number of hydrogen-bond donors (Lipinski definition) is 1. The first-order chi connectivity index (χ1) is 8.28. The molecule has 0 atom stereocenters. The van der Waals surface area contributed by atoms with Crippen LogP contribution in [0.5, 0.6) is 0 Å². The molecule has 0 unspecified atom stereocenters. The molecule has 0 saturated heterocycles. The van der Waals surface area contributed by atoms with E-state index in [1.54, 1.807) is 0 Å². The van der Waals surface area contributed by atoms with Crippen molar-refractivity contribution in [1.82, 2.24) is 0 Å². The van der Waals surface area contributed by atoms with Crippen LogP contribution in [0, 0.1) is 0 Å². The molecule has 1 N–H and O–H groups in total. The van der Waals surface area contributed by atoms with Crippen LogP contribution in [-0.2, 0) is 9.53 Å². The lowest BCUT2D eigenvalue weighted by Gasteiger charge is -2.08. The molecule has 100 valence electrons. The van der Waals surface area contributed by atoms with Crippen LogP contribution in [0.25, 0.3) is 0 Å². The number of halogens is 5. The molecule has 0 saturated carbocycles. The Kier molecular flexibility index (Phi) is 5.43. The van der Waals surface area contributed by atoms with E-state index in [1.807, 2.05) is 0 Å². The first-order valence-electron chi connectivity index (χ1n) is 4.67. The molecule has 0 fully saturated rings. The lowest BCUT2D eigenvalue weighted by molar-refractivity contribution is -0.174. The van der Waals surface area contributed by atoms with Gasteiger partial charge in [0.05, 0.1) is 5.02 Å². The highest BCUT2D eigenvalue weighted by Crippen LogP contribution is 2.25. The molecule has 1 amide bonds. The Labute approximate surface area is 114 Å². The summed E-state index contributed by atoms with van der Waals surface area (Å²) in [4.78, 5) is 11.2. The first-order valence-corrected chi connectivity index (χ1v) is 5.84. The van der Waals surface area contributed by atoms with Gasteiger partial charge < -0.3 is 10.1 Å². The molecule has 0 aliphatic carbocycles. The number of rotatable bonds is 4. The van der Waals surface area contributed by atoms with Gasteiger partial charge >= 0.3 is 6.18 Å². The maximum absolute atomic E-state index is 11.8. The van der Waals surface area contributed by atoms with Gasteiger partial charge in [-0.15, -0.1) is 0 Å². The molecule has 0 heterocycles. The molecule has 8 heteroatoms. The molecule has 1 aromatic carbocycles. The minimum absolute atomic E-state index is 0.409. The van der Waals surface area contributed by atoms with Crippen molar-refractivity contribution in [3.63, 3.8) is 0 Å². The first kappa shape index (κ1) is 15.3. The standard InChI is InChI=1S/C10H8BrClF3NO2/c11-7-3-6(1-2-8(7)12)16-9(17)4-18-5-10(13,14)15/h1-3H,4-5H2,(H,16,17). The minimum Gasteiger partial charge on any atom is -0.362 e. The maximum atomic E-state index is 11.8. The Balaban J connectivity index is 2.42. The topological polar surface area (TPSA) is 38.3 Å². The highest BCUT2D eigenvalue weighted by atomic mass is 79.9. The molecule has 1 aromatic rings. The van der Waals surface area contributed by atoms with Gasteiger partial charge in [-0.25, -0.2) is 0 Å². The second-order valence-electron chi connectivity index (χ2n) is 3.29. The molecule has 0 aromatic heterocycles.